The van der Waals surface area contributed by atoms with Crippen molar-refractivity contribution >= 4 is 14.5 Å². The molecule has 1 N–H and O–H groups in total. The van der Waals surface area contributed by atoms with E-state index >= 15 is 0 Å². The van der Waals surface area contributed by atoms with Crippen LogP contribution in [0.3, 0.4) is 0 Å². The normalized spacial score (nSPS) is 13.1. The van der Waals surface area contributed by atoms with Crippen molar-refractivity contribution < 1.29 is 5.11 Å². The van der Waals surface area contributed by atoms with Gasteiger partial charge in [0.05, 0.1) is 6.10 Å². The molecule has 0 bridgehead atoms. The van der Waals surface area contributed by atoms with Crippen LogP contribution < -0.4 is 5.30 Å². The van der Waals surface area contributed by atoms with Gasteiger partial charge in [0.1, 0.15) is 0 Å². The molecule has 0 saturated carbocycles. The highest BCUT2D eigenvalue weighted by atomic mass is 31.0. The van der Waals surface area contributed by atoms with Crippen molar-refractivity contribution in [1.82, 2.24) is 0 Å². The van der Waals surface area contributed by atoms with Gasteiger partial charge in [0, 0.05) is 0 Å². The average molecular weight is 154 g/mol. The minimum atomic E-state index is -0.356. The minimum absolute atomic E-state index is 0.356. The molecule has 1 aromatic carbocycles. The molecule has 0 spiro atoms. The van der Waals surface area contributed by atoms with E-state index in [1.54, 1.807) is 6.92 Å². The third-order valence-corrected chi connectivity index (χ3v) is 1.80. The minimum Gasteiger partial charge on any atom is -0.389 e. The first kappa shape index (κ1) is 7.71. The summed E-state index contributed by atoms with van der Waals surface area (Å²) < 4.78 is 0. The summed E-state index contributed by atoms with van der Waals surface area (Å²) >= 11 is 0. The van der Waals surface area contributed by atoms with E-state index in [0.29, 0.717) is 0 Å². The topological polar surface area (TPSA) is 20.2 Å². The molecule has 2 atom stereocenters. The maximum absolute atomic E-state index is 9.11. The number of benzene rings is 1. The molecule has 1 nitrogen and oxygen atoms in total. The largest absolute Gasteiger partial charge is 0.389 e. The number of hydrogen-bond acceptors (Lipinski definition) is 1. The molecular formula is C8H11OP. The zero-order chi connectivity index (χ0) is 7.56. The second-order valence-corrected chi connectivity index (χ2v) is 3.01. The molecule has 0 amide bonds. The fourth-order valence-corrected chi connectivity index (χ4v) is 0.967. The van der Waals surface area contributed by atoms with Crippen molar-refractivity contribution in [2.45, 2.75) is 13.0 Å². The van der Waals surface area contributed by atoms with Gasteiger partial charge >= 0.3 is 0 Å². The van der Waals surface area contributed by atoms with Crippen LogP contribution in [0.15, 0.2) is 24.3 Å². The highest BCUT2D eigenvalue weighted by molar-refractivity contribution is 7.27. The van der Waals surface area contributed by atoms with Gasteiger partial charge in [0.2, 0.25) is 0 Å². The van der Waals surface area contributed by atoms with Crippen LogP contribution in [0, 0.1) is 0 Å². The molecule has 0 radical (unpaired) electrons. The van der Waals surface area contributed by atoms with E-state index in [9.17, 15) is 0 Å². The van der Waals surface area contributed by atoms with Crippen LogP contribution in [0.4, 0.5) is 0 Å². The Morgan fingerprint density at radius 1 is 1.30 bits per heavy atom. The third kappa shape index (κ3) is 1.80. The number of hydrogen-bond donors (Lipinski definition) is 1. The molecule has 0 aliphatic rings. The van der Waals surface area contributed by atoms with Crippen LogP contribution in [0.25, 0.3) is 0 Å². The summed E-state index contributed by atoms with van der Waals surface area (Å²) in [5.41, 5.74) is 0.964. The quantitative estimate of drug-likeness (QED) is 0.603. The van der Waals surface area contributed by atoms with E-state index in [1.165, 1.54) is 0 Å². The Morgan fingerprint density at radius 3 is 2.20 bits per heavy atom. The zero-order valence-electron chi connectivity index (χ0n) is 5.91. The van der Waals surface area contributed by atoms with Crippen LogP contribution in [-0.2, 0) is 0 Å². The van der Waals surface area contributed by atoms with Crippen LogP contribution in [0.2, 0.25) is 0 Å². The molecular weight excluding hydrogens is 143 g/mol. The molecule has 0 aromatic heterocycles. The Bertz CT molecular complexity index is 203. The molecule has 0 aliphatic heterocycles. The number of aliphatic hydroxyl groups is 1. The maximum atomic E-state index is 9.11. The molecule has 0 fully saturated rings. The first-order valence-electron chi connectivity index (χ1n) is 3.23. The Morgan fingerprint density at radius 2 is 1.80 bits per heavy atom. The highest BCUT2D eigenvalue weighted by Gasteiger charge is 1.97. The Labute approximate surface area is 63.3 Å². The number of rotatable bonds is 1. The van der Waals surface area contributed by atoms with E-state index < -0.39 is 0 Å². The van der Waals surface area contributed by atoms with Gasteiger partial charge in [0.15, 0.2) is 0 Å². The van der Waals surface area contributed by atoms with Gasteiger partial charge in [0.25, 0.3) is 0 Å². The van der Waals surface area contributed by atoms with Crippen molar-refractivity contribution in [3.05, 3.63) is 29.8 Å². The fourth-order valence-electron chi connectivity index (χ4n) is 0.775. The van der Waals surface area contributed by atoms with Gasteiger partial charge in [-0.15, -0.1) is 9.24 Å². The summed E-state index contributed by atoms with van der Waals surface area (Å²) in [4.78, 5) is 0. The van der Waals surface area contributed by atoms with E-state index in [2.05, 4.69) is 9.24 Å². The lowest BCUT2D eigenvalue weighted by atomic mass is 10.1. The average Bonchev–Trinajstić information content (AvgIpc) is 1.88. The fraction of sp³-hybridized carbons (Fsp3) is 0.250. The van der Waals surface area contributed by atoms with Gasteiger partial charge in [-0.2, -0.15) is 0 Å². The van der Waals surface area contributed by atoms with Crippen LogP contribution in [-0.4, -0.2) is 5.11 Å². The van der Waals surface area contributed by atoms with E-state index in [4.69, 9.17) is 5.11 Å². The van der Waals surface area contributed by atoms with Gasteiger partial charge in [-0.25, -0.2) is 0 Å². The summed E-state index contributed by atoms with van der Waals surface area (Å²) in [7, 11) is 2.60. The molecule has 0 saturated heterocycles. The van der Waals surface area contributed by atoms with Crippen molar-refractivity contribution in [1.29, 1.82) is 0 Å². The standard InChI is InChI=1S/C8H11OP/c1-6(9)7-2-4-8(10)5-3-7/h2-6,9H,10H2,1H3. The zero-order valence-corrected chi connectivity index (χ0v) is 7.07. The molecule has 2 unspecified atom stereocenters. The van der Waals surface area contributed by atoms with E-state index in [1.807, 2.05) is 24.3 Å². The highest BCUT2D eigenvalue weighted by Crippen LogP contribution is 2.09. The van der Waals surface area contributed by atoms with Crippen LogP contribution in [0.1, 0.15) is 18.6 Å². The third-order valence-electron chi connectivity index (χ3n) is 1.42. The monoisotopic (exact) mass is 154 g/mol. The lowest BCUT2D eigenvalue weighted by Gasteiger charge is -2.02. The van der Waals surface area contributed by atoms with E-state index in [0.717, 1.165) is 10.9 Å². The molecule has 54 valence electrons. The summed E-state index contributed by atoms with van der Waals surface area (Å²) in [6, 6.07) is 7.78. The molecule has 1 aromatic rings. The Balaban J connectivity index is 2.89. The molecule has 0 aliphatic carbocycles. The SMILES string of the molecule is CC(O)c1ccc(P)cc1. The predicted molar refractivity (Wildman–Crippen MR) is 46.4 cm³/mol. The van der Waals surface area contributed by atoms with Crippen molar-refractivity contribution in [3.63, 3.8) is 0 Å². The maximum Gasteiger partial charge on any atom is 0.0761 e. The van der Waals surface area contributed by atoms with Crippen LogP contribution in [0.5, 0.6) is 0 Å². The second-order valence-electron chi connectivity index (χ2n) is 2.34. The first-order valence-corrected chi connectivity index (χ1v) is 3.81. The van der Waals surface area contributed by atoms with Crippen molar-refractivity contribution in [3.8, 4) is 0 Å². The summed E-state index contributed by atoms with van der Waals surface area (Å²) in [6.45, 7) is 1.76. The molecule has 1 rings (SSSR count). The van der Waals surface area contributed by atoms with Crippen molar-refractivity contribution in [2.24, 2.45) is 0 Å². The number of aliphatic hydroxyl groups excluding tert-OH is 1. The van der Waals surface area contributed by atoms with Crippen molar-refractivity contribution in [2.75, 3.05) is 0 Å². The smallest absolute Gasteiger partial charge is 0.0761 e. The lowest BCUT2D eigenvalue weighted by Crippen LogP contribution is -1.94. The second kappa shape index (κ2) is 3.14. The molecule has 2 heteroatoms. The molecule has 10 heavy (non-hydrogen) atoms. The first-order chi connectivity index (χ1) is 4.70. The van der Waals surface area contributed by atoms with Gasteiger partial charge in [-0.1, -0.05) is 24.3 Å². The summed E-state index contributed by atoms with van der Waals surface area (Å²) in [6.07, 6.45) is -0.356. The van der Waals surface area contributed by atoms with Gasteiger partial charge < -0.3 is 5.11 Å². The predicted octanol–water partition coefficient (Wildman–Crippen LogP) is 1.24. The summed E-state index contributed by atoms with van der Waals surface area (Å²) in [5.74, 6) is 0. The van der Waals surface area contributed by atoms with Gasteiger partial charge in [-0.05, 0) is 17.8 Å². The Kier molecular flexibility index (Phi) is 2.42. The lowest BCUT2D eigenvalue weighted by molar-refractivity contribution is 0.199. The van der Waals surface area contributed by atoms with Crippen LogP contribution >= 0.6 is 9.24 Å². The Hall–Kier alpha value is -0.390. The summed E-state index contributed by atoms with van der Waals surface area (Å²) in [5, 5.41) is 10.3. The molecule has 0 heterocycles. The van der Waals surface area contributed by atoms with Gasteiger partial charge in [-0.3, -0.25) is 0 Å². The van der Waals surface area contributed by atoms with E-state index in [-0.39, 0.29) is 6.10 Å².